The number of rotatable bonds is 6. The molecule has 0 bridgehead atoms. The van der Waals surface area contributed by atoms with Crippen LogP contribution in [0.1, 0.15) is 12.0 Å². The van der Waals surface area contributed by atoms with E-state index in [1.807, 2.05) is 23.1 Å². The minimum absolute atomic E-state index is 0.257. The van der Waals surface area contributed by atoms with Gasteiger partial charge in [0.25, 0.3) is 0 Å². The molecule has 0 unspecified atom stereocenters. The smallest absolute Gasteiger partial charge is 0.225 e. The molecular weight excluding hydrogens is 400 g/mol. The number of benzene rings is 1. The SMILES string of the molecule is O=C(CCN1CCN(Cc2ccc(Cl)cc2)CC1)N1CCN(c2ncccn2)CC1. The van der Waals surface area contributed by atoms with Crippen LogP contribution in [0.25, 0.3) is 0 Å². The lowest BCUT2D eigenvalue weighted by Crippen LogP contribution is -2.50. The van der Waals surface area contributed by atoms with Gasteiger partial charge in [-0.05, 0) is 23.8 Å². The van der Waals surface area contributed by atoms with Crippen LogP contribution in [-0.4, -0.2) is 89.5 Å². The summed E-state index contributed by atoms with van der Waals surface area (Å²) in [5.41, 5.74) is 1.29. The van der Waals surface area contributed by atoms with Crippen LogP contribution in [0, 0.1) is 0 Å². The fourth-order valence-electron chi connectivity index (χ4n) is 4.04. The Labute approximate surface area is 183 Å². The first-order valence-corrected chi connectivity index (χ1v) is 11.0. The number of aromatic nitrogens is 2. The van der Waals surface area contributed by atoms with Gasteiger partial charge in [-0.1, -0.05) is 23.7 Å². The van der Waals surface area contributed by atoms with Gasteiger partial charge in [-0.25, -0.2) is 9.97 Å². The maximum absolute atomic E-state index is 12.6. The van der Waals surface area contributed by atoms with E-state index in [1.165, 1.54) is 5.56 Å². The summed E-state index contributed by atoms with van der Waals surface area (Å²) < 4.78 is 0. The molecule has 7 nitrogen and oxygen atoms in total. The zero-order valence-corrected chi connectivity index (χ0v) is 18.0. The van der Waals surface area contributed by atoms with Gasteiger partial charge < -0.3 is 14.7 Å². The molecule has 2 fully saturated rings. The largest absolute Gasteiger partial charge is 0.339 e. The molecule has 4 rings (SSSR count). The minimum atomic E-state index is 0.257. The summed E-state index contributed by atoms with van der Waals surface area (Å²) in [4.78, 5) is 30.2. The summed E-state index contributed by atoms with van der Waals surface area (Å²) in [5, 5.41) is 0.781. The molecule has 3 heterocycles. The Kier molecular flexibility index (Phi) is 7.15. The highest BCUT2D eigenvalue weighted by atomic mass is 35.5. The lowest BCUT2D eigenvalue weighted by Gasteiger charge is -2.36. The lowest BCUT2D eigenvalue weighted by molar-refractivity contribution is -0.131. The molecule has 0 N–H and O–H groups in total. The van der Waals surface area contributed by atoms with Crippen LogP contribution in [0.4, 0.5) is 5.95 Å². The predicted molar refractivity (Wildman–Crippen MR) is 119 cm³/mol. The zero-order valence-electron chi connectivity index (χ0n) is 17.3. The van der Waals surface area contributed by atoms with Gasteiger partial charge in [0.15, 0.2) is 0 Å². The van der Waals surface area contributed by atoms with E-state index in [9.17, 15) is 4.79 Å². The summed E-state index contributed by atoms with van der Waals surface area (Å²) in [6.45, 7) is 8.96. The standard InChI is InChI=1S/C22H29ClN6O/c23-20-4-2-19(3-5-20)18-27-12-10-26(11-13-27)9-6-21(30)28-14-16-29(17-15-28)22-24-7-1-8-25-22/h1-5,7-8H,6,9-18H2. The van der Waals surface area contributed by atoms with E-state index in [-0.39, 0.29) is 5.91 Å². The number of hydrogen-bond acceptors (Lipinski definition) is 6. The molecule has 0 atom stereocenters. The van der Waals surface area contributed by atoms with Gasteiger partial charge in [-0.3, -0.25) is 9.69 Å². The van der Waals surface area contributed by atoms with Gasteiger partial charge >= 0.3 is 0 Å². The van der Waals surface area contributed by atoms with E-state index < -0.39 is 0 Å². The normalized spacial score (nSPS) is 18.6. The van der Waals surface area contributed by atoms with Gasteiger partial charge in [-0.2, -0.15) is 0 Å². The maximum Gasteiger partial charge on any atom is 0.225 e. The number of amides is 1. The zero-order chi connectivity index (χ0) is 20.8. The van der Waals surface area contributed by atoms with Crippen molar-refractivity contribution < 1.29 is 4.79 Å². The third-order valence-corrected chi connectivity index (χ3v) is 6.15. The number of piperazine rings is 2. The number of carbonyl (C=O) groups excluding carboxylic acids is 1. The van der Waals surface area contributed by atoms with Crippen molar-refractivity contribution in [3.05, 3.63) is 53.3 Å². The van der Waals surface area contributed by atoms with Crippen molar-refractivity contribution in [3.63, 3.8) is 0 Å². The van der Waals surface area contributed by atoms with Crippen LogP contribution in [0.5, 0.6) is 0 Å². The molecule has 0 spiro atoms. The summed E-state index contributed by atoms with van der Waals surface area (Å²) in [6.07, 6.45) is 4.11. The number of hydrogen-bond donors (Lipinski definition) is 0. The predicted octanol–water partition coefficient (Wildman–Crippen LogP) is 1.99. The molecule has 0 saturated carbocycles. The van der Waals surface area contributed by atoms with E-state index >= 15 is 0 Å². The molecule has 2 aliphatic rings. The van der Waals surface area contributed by atoms with Crippen molar-refractivity contribution in [1.29, 1.82) is 0 Å². The Bertz CT molecular complexity index is 802. The van der Waals surface area contributed by atoms with E-state index in [1.54, 1.807) is 12.4 Å². The topological polar surface area (TPSA) is 55.8 Å². The highest BCUT2D eigenvalue weighted by molar-refractivity contribution is 6.30. The second-order valence-corrected chi connectivity index (χ2v) is 8.35. The fourth-order valence-corrected chi connectivity index (χ4v) is 4.17. The number of halogens is 1. The number of nitrogens with zero attached hydrogens (tertiary/aromatic N) is 6. The third kappa shape index (κ3) is 5.68. The fraction of sp³-hybridized carbons (Fsp3) is 0.500. The molecule has 1 amide bonds. The molecule has 8 heteroatoms. The molecule has 2 aliphatic heterocycles. The van der Waals surface area contributed by atoms with Crippen LogP contribution in [0.15, 0.2) is 42.7 Å². The van der Waals surface area contributed by atoms with Crippen LogP contribution in [0.2, 0.25) is 5.02 Å². The third-order valence-electron chi connectivity index (χ3n) is 5.89. The van der Waals surface area contributed by atoms with Crippen molar-refractivity contribution in [2.75, 3.05) is 63.8 Å². The second kappa shape index (κ2) is 10.2. The van der Waals surface area contributed by atoms with E-state index in [4.69, 9.17) is 11.6 Å². The highest BCUT2D eigenvalue weighted by Crippen LogP contribution is 2.14. The van der Waals surface area contributed by atoms with E-state index in [0.717, 1.165) is 76.4 Å². The quantitative estimate of drug-likeness (QED) is 0.701. The molecule has 2 aromatic rings. The average molecular weight is 429 g/mol. The van der Waals surface area contributed by atoms with Crippen LogP contribution >= 0.6 is 11.6 Å². The van der Waals surface area contributed by atoms with Gasteiger partial charge in [-0.15, -0.1) is 0 Å². The second-order valence-electron chi connectivity index (χ2n) is 7.91. The summed E-state index contributed by atoms with van der Waals surface area (Å²) in [6, 6.07) is 9.91. The van der Waals surface area contributed by atoms with Crippen molar-refractivity contribution >= 4 is 23.5 Å². The molecule has 30 heavy (non-hydrogen) atoms. The van der Waals surface area contributed by atoms with Crippen molar-refractivity contribution in [1.82, 2.24) is 24.7 Å². The van der Waals surface area contributed by atoms with Gasteiger partial charge in [0.1, 0.15) is 0 Å². The minimum Gasteiger partial charge on any atom is -0.339 e. The number of carbonyl (C=O) groups is 1. The van der Waals surface area contributed by atoms with Crippen LogP contribution < -0.4 is 4.90 Å². The Hall–Kier alpha value is -2.22. The van der Waals surface area contributed by atoms with Gasteiger partial charge in [0.2, 0.25) is 11.9 Å². The Morgan fingerprint density at radius 2 is 1.50 bits per heavy atom. The Morgan fingerprint density at radius 3 is 2.17 bits per heavy atom. The molecule has 1 aromatic heterocycles. The highest BCUT2D eigenvalue weighted by Gasteiger charge is 2.23. The van der Waals surface area contributed by atoms with Crippen molar-refractivity contribution in [2.24, 2.45) is 0 Å². The molecule has 1 aromatic carbocycles. The van der Waals surface area contributed by atoms with Gasteiger partial charge in [0, 0.05) is 89.3 Å². The summed E-state index contributed by atoms with van der Waals surface area (Å²) in [7, 11) is 0. The lowest BCUT2D eigenvalue weighted by atomic mass is 10.2. The summed E-state index contributed by atoms with van der Waals surface area (Å²) >= 11 is 5.97. The molecular formula is C22H29ClN6O. The van der Waals surface area contributed by atoms with Gasteiger partial charge in [0.05, 0.1) is 0 Å². The van der Waals surface area contributed by atoms with Crippen molar-refractivity contribution in [2.45, 2.75) is 13.0 Å². The first-order chi connectivity index (χ1) is 14.7. The molecule has 0 aliphatic carbocycles. The number of anilines is 1. The molecule has 160 valence electrons. The first-order valence-electron chi connectivity index (χ1n) is 10.7. The Morgan fingerprint density at radius 1 is 0.867 bits per heavy atom. The monoisotopic (exact) mass is 428 g/mol. The molecule has 2 saturated heterocycles. The summed E-state index contributed by atoms with van der Waals surface area (Å²) in [5.74, 6) is 1.01. The van der Waals surface area contributed by atoms with Crippen molar-refractivity contribution in [3.8, 4) is 0 Å². The first kappa shape index (κ1) is 21.0. The Balaban J connectivity index is 1.14. The van der Waals surface area contributed by atoms with Crippen LogP contribution in [0.3, 0.4) is 0 Å². The maximum atomic E-state index is 12.6. The van der Waals surface area contributed by atoms with Crippen LogP contribution in [-0.2, 0) is 11.3 Å². The van der Waals surface area contributed by atoms with E-state index in [0.29, 0.717) is 6.42 Å². The average Bonchev–Trinajstić information content (AvgIpc) is 2.80. The molecule has 0 radical (unpaired) electrons. The van der Waals surface area contributed by atoms with E-state index in [2.05, 4.69) is 36.8 Å².